The van der Waals surface area contributed by atoms with Crippen LogP contribution in [0.15, 0.2) is 34.2 Å². The van der Waals surface area contributed by atoms with Crippen molar-refractivity contribution in [2.45, 2.75) is 37.1 Å². The third kappa shape index (κ3) is 5.27. The van der Waals surface area contributed by atoms with E-state index < -0.39 is 15.7 Å². The molecule has 22 heavy (non-hydrogen) atoms. The predicted molar refractivity (Wildman–Crippen MR) is 82.3 cm³/mol. The second kappa shape index (κ2) is 7.15. The molecule has 0 aliphatic heterocycles. The van der Waals surface area contributed by atoms with Crippen LogP contribution < -0.4 is 5.32 Å². The van der Waals surface area contributed by atoms with Gasteiger partial charge in [0.05, 0.1) is 11.0 Å². The van der Waals surface area contributed by atoms with Crippen molar-refractivity contribution in [1.29, 1.82) is 5.26 Å². The molecule has 0 spiro atoms. The Labute approximate surface area is 129 Å². The molecule has 1 aromatic rings. The van der Waals surface area contributed by atoms with Crippen LogP contribution in [-0.2, 0) is 14.9 Å². The molecule has 1 aromatic carbocycles. The third-order valence-corrected chi connectivity index (χ3v) is 3.80. The Balaban J connectivity index is 2.65. The number of hydrogen-bond donors (Lipinski definition) is 2. The molecule has 1 rings (SSSR count). The van der Waals surface area contributed by atoms with Crippen LogP contribution in [0.3, 0.4) is 0 Å². The first-order valence-corrected chi connectivity index (χ1v) is 7.93. The normalized spacial score (nSPS) is 14.3. The molecule has 0 bridgehead atoms. The fourth-order valence-electron chi connectivity index (χ4n) is 1.72. The zero-order chi connectivity index (χ0) is 16.8. The van der Waals surface area contributed by atoms with Crippen LogP contribution >= 0.6 is 0 Å². The summed E-state index contributed by atoms with van der Waals surface area (Å²) in [5, 5.41) is 11.6. The molecule has 0 fully saturated rings. The summed E-state index contributed by atoms with van der Waals surface area (Å²) in [6, 6.07) is 7.16. The SMILES string of the molecule is CC=NC(C)(C#N)CCC(=O)Nc1ccc(S(=O)(=O)O)cc1. The summed E-state index contributed by atoms with van der Waals surface area (Å²) in [6.07, 6.45) is 1.89. The van der Waals surface area contributed by atoms with Gasteiger partial charge in [0.1, 0.15) is 5.54 Å². The van der Waals surface area contributed by atoms with Crippen molar-refractivity contribution in [2.75, 3.05) is 5.32 Å². The number of nitriles is 1. The van der Waals surface area contributed by atoms with Crippen LogP contribution in [0.1, 0.15) is 26.7 Å². The average molecular weight is 323 g/mol. The van der Waals surface area contributed by atoms with Gasteiger partial charge in [-0.05, 0) is 50.7 Å². The van der Waals surface area contributed by atoms with Crippen LogP contribution in [0.4, 0.5) is 5.69 Å². The molecule has 118 valence electrons. The first kappa shape index (κ1) is 17.8. The minimum Gasteiger partial charge on any atom is -0.326 e. The van der Waals surface area contributed by atoms with Crippen LogP contribution in [-0.4, -0.2) is 30.6 Å². The van der Waals surface area contributed by atoms with E-state index in [4.69, 9.17) is 9.81 Å². The second-order valence-corrected chi connectivity index (χ2v) is 6.24. The fraction of sp³-hybridized carbons (Fsp3) is 0.357. The van der Waals surface area contributed by atoms with E-state index in [-0.39, 0.29) is 23.6 Å². The lowest BCUT2D eigenvalue weighted by molar-refractivity contribution is -0.116. The highest BCUT2D eigenvalue weighted by Gasteiger charge is 2.22. The number of amides is 1. The molecular formula is C14H17N3O4S. The Morgan fingerprint density at radius 2 is 2.05 bits per heavy atom. The number of anilines is 1. The number of hydrogen-bond acceptors (Lipinski definition) is 5. The standard InChI is InChI=1S/C14H17N3O4S/c1-3-16-14(2,10-15)9-8-13(18)17-11-4-6-12(7-5-11)22(19,20)21/h3-7H,8-9H2,1-2H3,(H,17,18)(H,19,20,21). The minimum atomic E-state index is -4.25. The van der Waals surface area contributed by atoms with Crippen LogP contribution in [0.25, 0.3) is 0 Å². The number of nitrogens with zero attached hydrogens (tertiary/aromatic N) is 2. The van der Waals surface area contributed by atoms with Crippen molar-refractivity contribution in [3.05, 3.63) is 24.3 Å². The molecule has 7 nitrogen and oxygen atoms in total. The highest BCUT2D eigenvalue weighted by Crippen LogP contribution is 2.18. The smallest absolute Gasteiger partial charge is 0.294 e. The minimum absolute atomic E-state index is 0.0987. The summed E-state index contributed by atoms with van der Waals surface area (Å²) in [7, 11) is -4.25. The molecule has 0 saturated carbocycles. The van der Waals surface area contributed by atoms with Gasteiger partial charge in [0.25, 0.3) is 10.1 Å². The summed E-state index contributed by atoms with van der Waals surface area (Å²) in [6.45, 7) is 3.34. The van der Waals surface area contributed by atoms with E-state index in [2.05, 4.69) is 16.4 Å². The van der Waals surface area contributed by atoms with Crippen molar-refractivity contribution >= 4 is 27.9 Å². The number of nitrogens with one attached hydrogen (secondary N) is 1. The van der Waals surface area contributed by atoms with Gasteiger partial charge in [-0.3, -0.25) is 14.3 Å². The maximum absolute atomic E-state index is 11.8. The van der Waals surface area contributed by atoms with Crippen LogP contribution in [0, 0.1) is 11.3 Å². The van der Waals surface area contributed by atoms with Gasteiger partial charge in [-0.25, -0.2) is 0 Å². The maximum atomic E-state index is 11.8. The van der Waals surface area contributed by atoms with Gasteiger partial charge in [0.2, 0.25) is 5.91 Å². The third-order valence-electron chi connectivity index (χ3n) is 2.93. The molecule has 1 unspecified atom stereocenters. The van der Waals surface area contributed by atoms with Crippen molar-refractivity contribution in [1.82, 2.24) is 0 Å². The molecule has 0 aliphatic carbocycles. The van der Waals surface area contributed by atoms with E-state index in [1.54, 1.807) is 13.8 Å². The van der Waals surface area contributed by atoms with E-state index in [0.29, 0.717) is 5.69 Å². The Bertz CT molecular complexity index is 705. The average Bonchev–Trinajstić information content (AvgIpc) is 2.45. The molecule has 8 heteroatoms. The van der Waals surface area contributed by atoms with Gasteiger partial charge in [0.15, 0.2) is 0 Å². The number of aliphatic imine (C=N–C) groups is 1. The lowest BCUT2D eigenvalue weighted by atomic mass is 9.98. The first-order valence-electron chi connectivity index (χ1n) is 6.49. The van der Waals surface area contributed by atoms with Crippen molar-refractivity contribution in [3.8, 4) is 6.07 Å². The zero-order valence-corrected chi connectivity index (χ0v) is 13.1. The van der Waals surface area contributed by atoms with Gasteiger partial charge >= 0.3 is 0 Å². The van der Waals surface area contributed by atoms with Crippen molar-refractivity contribution in [2.24, 2.45) is 4.99 Å². The number of benzene rings is 1. The number of carbonyl (C=O) groups excluding carboxylic acids is 1. The first-order chi connectivity index (χ1) is 10.2. The highest BCUT2D eigenvalue weighted by atomic mass is 32.2. The fourth-order valence-corrected chi connectivity index (χ4v) is 2.20. The molecule has 0 radical (unpaired) electrons. The van der Waals surface area contributed by atoms with Gasteiger partial charge in [0, 0.05) is 12.1 Å². The van der Waals surface area contributed by atoms with E-state index in [1.165, 1.54) is 30.5 Å². The topological polar surface area (TPSA) is 120 Å². The van der Waals surface area contributed by atoms with Gasteiger partial charge in [-0.1, -0.05) is 0 Å². The van der Waals surface area contributed by atoms with E-state index in [0.717, 1.165) is 0 Å². The number of carbonyl (C=O) groups is 1. The Hall–Kier alpha value is -2.24. The second-order valence-electron chi connectivity index (χ2n) is 4.82. The van der Waals surface area contributed by atoms with Crippen molar-refractivity contribution < 1.29 is 17.8 Å². The lowest BCUT2D eigenvalue weighted by Gasteiger charge is -2.15. The molecule has 0 aliphatic rings. The monoisotopic (exact) mass is 323 g/mol. The molecule has 0 saturated heterocycles. The van der Waals surface area contributed by atoms with Crippen molar-refractivity contribution in [3.63, 3.8) is 0 Å². The van der Waals surface area contributed by atoms with Crippen LogP contribution in [0.5, 0.6) is 0 Å². The van der Waals surface area contributed by atoms with Crippen LogP contribution in [0.2, 0.25) is 0 Å². The predicted octanol–water partition coefficient (Wildman–Crippen LogP) is 2.02. The lowest BCUT2D eigenvalue weighted by Crippen LogP contribution is -2.23. The molecule has 0 heterocycles. The summed E-state index contributed by atoms with van der Waals surface area (Å²) >= 11 is 0. The summed E-state index contributed by atoms with van der Waals surface area (Å²) in [4.78, 5) is 15.6. The zero-order valence-electron chi connectivity index (χ0n) is 12.3. The van der Waals surface area contributed by atoms with Gasteiger partial charge in [-0.2, -0.15) is 13.7 Å². The summed E-state index contributed by atoms with van der Waals surface area (Å²) in [5.41, 5.74) is -0.545. The Morgan fingerprint density at radius 3 is 2.50 bits per heavy atom. The molecular weight excluding hydrogens is 306 g/mol. The largest absolute Gasteiger partial charge is 0.326 e. The Morgan fingerprint density at radius 1 is 1.45 bits per heavy atom. The highest BCUT2D eigenvalue weighted by molar-refractivity contribution is 7.85. The summed E-state index contributed by atoms with van der Waals surface area (Å²) in [5.74, 6) is -0.313. The van der Waals surface area contributed by atoms with Gasteiger partial charge in [-0.15, -0.1) is 0 Å². The number of rotatable bonds is 6. The van der Waals surface area contributed by atoms with E-state index >= 15 is 0 Å². The molecule has 1 amide bonds. The summed E-state index contributed by atoms with van der Waals surface area (Å²) < 4.78 is 30.7. The molecule has 2 N–H and O–H groups in total. The van der Waals surface area contributed by atoms with E-state index in [1.807, 2.05) is 0 Å². The van der Waals surface area contributed by atoms with E-state index in [9.17, 15) is 13.2 Å². The molecule has 0 aromatic heterocycles. The molecule has 1 atom stereocenters. The van der Waals surface area contributed by atoms with Gasteiger partial charge < -0.3 is 5.32 Å². The quantitative estimate of drug-likeness (QED) is 0.613. The maximum Gasteiger partial charge on any atom is 0.294 e. The Kier molecular flexibility index (Phi) is 5.79.